The van der Waals surface area contributed by atoms with Gasteiger partial charge in [0, 0.05) is 29.1 Å². The van der Waals surface area contributed by atoms with Crippen LogP contribution in [-0.2, 0) is 10.2 Å². The number of aliphatic hydroxyl groups excluding tert-OH is 1. The Morgan fingerprint density at radius 2 is 2.19 bits per heavy atom. The number of carbonyl (C=O) groups is 1. The molecule has 1 aromatic heterocycles. The molecule has 0 radical (unpaired) electrons. The standard InChI is InChI=1S/C16H26N2O2S/c1-6-11(2)13(19)10-17-14(20)8-7-12-9-18-15(21-12)16(3,4)5/h7-9,11,13,19H,6,10H2,1-5H3,(H,17,20)/b8-7+. The fraction of sp³-hybridized carbons (Fsp3) is 0.625. The molecule has 4 nitrogen and oxygen atoms in total. The molecule has 0 aromatic carbocycles. The van der Waals surface area contributed by atoms with Gasteiger partial charge in [0.2, 0.25) is 5.91 Å². The van der Waals surface area contributed by atoms with Crippen LogP contribution in [0.3, 0.4) is 0 Å². The van der Waals surface area contributed by atoms with Crippen LogP contribution in [0.25, 0.3) is 6.08 Å². The van der Waals surface area contributed by atoms with E-state index in [1.165, 1.54) is 6.08 Å². The molecule has 2 N–H and O–H groups in total. The summed E-state index contributed by atoms with van der Waals surface area (Å²) < 4.78 is 0. The molecule has 0 bridgehead atoms. The first kappa shape index (κ1) is 17.9. The zero-order valence-corrected chi connectivity index (χ0v) is 14.3. The molecule has 0 fully saturated rings. The normalized spacial score (nSPS) is 15.1. The molecule has 0 aliphatic carbocycles. The molecule has 0 aliphatic rings. The van der Waals surface area contributed by atoms with Crippen LogP contribution in [0.4, 0.5) is 0 Å². The van der Waals surface area contributed by atoms with Crippen LogP contribution in [0.15, 0.2) is 12.3 Å². The number of thiazole rings is 1. The molecular formula is C16H26N2O2S. The van der Waals surface area contributed by atoms with E-state index in [1.54, 1.807) is 23.6 Å². The molecule has 2 atom stereocenters. The van der Waals surface area contributed by atoms with E-state index in [0.717, 1.165) is 16.3 Å². The first-order valence-electron chi connectivity index (χ1n) is 7.34. The second-order valence-corrected chi connectivity index (χ2v) is 7.41. The topological polar surface area (TPSA) is 62.2 Å². The molecule has 0 spiro atoms. The Labute approximate surface area is 131 Å². The van der Waals surface area contributed by atoms with E-state index in [0.29, 0.717) is 0 Å². The summed E-state index contributed by atoms with van der Waals surface area (Å²) in [6.07, 6.45) is 5.43. The van der Waals surface area contributed by atoms with Gasteiger partial charge in [-0.2, -0.15) is 0 Å². The summed E-state index contributed by atoms with van der Waals surface area (Å²) in [5.41, 5.74) is 0.0272. The van der Waals surface area contributed by atoms with E-state index in [2.05, 4.69) is 31.1 Å². The molecule has 5 heteroatoms. The van der Waals surface area contributed by atoms with Crippen LogP contribution >= 0.6 is 11.3 Å². The summed E-state index contributed by atoms with van der Waals surface area (Å²) in [4.78, 5) is 17.0. The lowest BCUT2D eigenvalue weighted by Gasteiger charge is -2.16. The highest BCUT2D eigenvalue weighted by Crippen LogP contribution is 2.27. The first-order chi connectivity index (χ1) is 9.74. The van der Waals surface area contributed by atoms with Gasteiger partial charge in [-0.25, -0.2) is 4.98 Å². The second kappa shape index (κ2) is 7.71. The smallest absolute Gasteiger partial charge is 0.244 e. The number of hydrogen-bond donors (Lipinski definition) is 2. The largest absolute Gasteiger partial charge is 0.391 e. The van der Waals surface area contributed by atoms with Crippen molar-refractivity contribution in [3.8, 4) is 0 Å². The predicted molar refractivity (Wildman–Crippen MR) is 88.3 cm³/mol. The van der Waals surface area contributed by atoms with Crippen LogP contribution in [0, 0.1) is 5.92 Å². The minimum Gasteiger partial charge on any atom is -0.391 e. The van der Waals surface area contributed by atoms with Crippen LogP contribution in [0.1, 0.15) is 50.9 Å². The Bertz CT molecular complexity index is 489. The van der Waals surface area contributed by atoms with Gasteiger partial charge in [-0.1, -0.05) is 41.0 Å². The van der Waals surface area contributed by atoms with Crippen LogP contribution in [-0.4, -0.2) is 28.6 Å². The Morgan fingerprint density at radius 3 is 2.71 bits per heavy atom. The maximum absolute atomic E-state index is 11.7. The van der Waals surface area contributed by atoms with E-state index >= 15 is 0 Å². The maximum Gasteiger partial charge on any atom is 0.244 e. The number of nitrogens with zero attached hydrogens (tertiary/aromatic N) is 1. The second-order valence-electron chi connectivity index (χ2n) is 6.35. The zero-order valence-electron chi connectivity index (χ0n) is 13.5. The minimum absolute atomic E-state index is 0.0272. The quantitative estimate of drug-likeness (QED) is 0.794. The van der Waals surface area contributed by atoms with Crippen molar-refractivity contribution in [3.05, 3.63) is 22.2 Å². The van der Waals surface area contributed by atoms with Gasteiger partial charge in [-0.3, -0.25) is 4.79 Å². The van der Waals surface area contributed by atoms with Crippen molar-refractivity contribution in [2.45, 2.75) is 52.6 Å². The molecule has 2 unspecified atom stereocenters. The third-order valence-corrected chi connectivity index (χ3v) is 4.74. The van der Waals surface area contributed by atoms with Crippen molar-refractivity contribution < 1.29 is 9.90 Å². The summed E-state index contributed by atoms with van der Waals surface area (Å²) in [5, 5.41) is 13.6. The summed E-state index contributed by atoms with van der Waals surface area (Å²) in [6.45, 7) is 10.6. The van der Waals surface area contributed by atoms with Gasteiger partial charge >= 0.3 is 0 Å². The number of hydrogen-bond acceptors (Lipinski definition) is 4. The average Bonchev–Trinajstić information content (AvgIpc) is 2.90. The molecule has 1 amide bonds. The van der Waals surface area contributed by atoms with Gasteiger partial charge in [-0.05, 0) is 12.0 Å². The van der Waals surface area contributed by atoms with Gasteiger partial charge in [0.1, 0.15) is 0 Å². The van der Waals surface area contributed by atoms with Crippen molar-refractivity contribution in [2.24, 2.45) is 5.92 Å². The van der Waals surface area contributed by atoms with Gasteiger partial charge < -0.3 is 10.4 Å². The van der Waals surface area contributed by atoms with Crippen LogP contribution in [0.2, 0.25) is 0 Å². The number of aromatic nitrogens is 1. The molecule has 118 valence electrons. The number of aliphatic hydroxyl groups is 1. The van der Waals surface area contributed by atoms with Crippen molar-refractivity contribution in [1.29, 1.82) is 0 Å². The van der Waals surface area contributed by atoms with Gasteiger partial charge in [0.15, 0.2) is 0 Å². The third kappa shape index (κ3) is 5.98. The predicted octanol–water partition coefficient (Wildman–Crippen LogP) is 2.98. The van der Waals surface area contributed by atoms with E-state index in [1.807, 2.05) is 13.8 Å². The lowest BCUT2D eigenvalue weighted by Crippen LogP contribution is -2.34. The summed E-state index contributed by atoms with van der Waals surface area (Å²) in [5.74, 6) is -0.00631. The summed E-state index contributed by atoms with van der Waals surface area (Å²) in [6, 6.07) is 0. The Balaban J connectivity index is 2.49. The Hall–Kier alpha value is -1.20. The molecule has 1 aromatic rings. The zero-order chi connectivity index (χ0) is 16.0. The lowest BCUT2D eigenvalue weighted by molar-refractivity contribution is -0.117. The highest BCUT2D eigenvalue weighted by Gasteiger charge is 2.17. The van der Waals surface area contributed by atoms with Gasteiger partial charge in [0.05, 0.1) is 11.1 Å². The van der Waals surface area contributed by atoms with E-state index < -0.39 is 6.10 Å². The van der Waals surface area contributed by atoms with Gasteiger partial charge in [-0.15, -0.1) is 11.3 Å². The molecule has 1 rings (SSSR count). The number of nitrogens with one attached hydrogen (secondary N) is 1. The minimum atomic E-state index is -0.497. The Morgan fingerprint density at radius 1 is 1.52 bits per heavy atom. The maximum atomic E-state index is 11.7. The van der Waals surface area contributed by atoms with Crippen molar-refractivity contribution in [3.63, 3.8) is 0 Å². The fourth-order valence-corrected chi connectivity index (χ4v) is 2.48. The number of amides is 1. The van der Waals surface area contributed by atoms with E-state index in [9.17, 15) is 9.90 Å². The third-order valence-electron chi connectivity index (χ3n) is 3.35. The van der Waals surface area contributed by atoms with Crippen molar-refractivity contribution in [1.82, 2.24) is 10.3 Å². The van der Waals surface area contributed by atoms with Crippen LogP contribution < -0.4 is 5.32 Å². The molecule has 1 heterocycles. The van der Waals surface area contributed by atoms with E-state index in [4.69, 9.17) is 0 Å². The Kier molecular flexibility index (Phi) is 6.55. The fourth-order valence-electron chi connectivity index (χ4n) is 1.61. The van der Waals surface area contributed by atoms with Gasteiger partial charge in [0.25, 0.3) is 0 Å². The van der Waals surface area contributed by atoms with Crippen molar-refractivity contribution in [2.75, 3.05) is 6.54 Å². The summed E-state index contributed by atoms with van der Waals surface area (Å²) in [7, 11) is 0. The highest BCUT2D eigenvalue weighted by atomic mass is 32.1. The average molecular weight is 310 g/mol. The lowest BCUT2D eigenvalue weighted by atomic mass is 9.98. The molecule has 0 saturated heterocycles. The van der Waals surface area contributed by atoms with E-state index in [-0.39, 0.29) is 23.8 Å². The van der Waals surface area contributed by atoms with Crippen molar-refractivity contribution >= 4 is 23.3 Å². The molecule has 21 heavy (non-hydrogen) atoms. The molecule has 0 aliphatic heterocycles. The molecular weight excluding hydrogens is 284 g/mol. The SMILES string of the molecule is CCC(C)C(O)CNC(=O)/C=C/c1cnc(C(C)(C)C)s1. The monoisotopic (exact) mass is 310 g/mol. The number of carbonyl (C=O) groups excluding carboxylic acids is 1. The molecule has 0 saturated carbocycles. The van der Waals surface area contributed by atoms with Crippen LogP contribution in [0.5, 0.6) is 0 Å². The first-order valence-corrected chi connectivity index (χ1v) is 8.16. The highest BCUT2D eigenvalue weighted by molar-refractivity contribution is 7.12. The summed E-state index contributed by atoms with van der Waals surface area (Å²) >= 11 is 1.59. The number of rotatable bonds is 6.